The summed E-state index contributed by atoms with van der Waals surface area (Å²) in [5, 5.41) is 11.6. The van der Waals surface area contributed by atoms with Gasteiger partial charge in [-0.1, -0.05) is 0 Å². The van der Waals surface area contributed by atoms with E-state index < -0.39 is 16.1 Å². The van der Waals surface area contributed by atoms with Crippen molar-refractivity contribution in [2.24, 2.45) is 0 Å². The van der Waals surface area contributed by atoms with Crippen molar-refractivity contribution >= 4 is 15.9 Å². The topological polar surface area (TPSA) is 95.5 Å². The lowest BCUT2D eigenvalue weighted by atomic mass is 10.2. The standard InChI is InChI=1S/C12H22N2O4S/c1-3-4-5-6-8-13-12(16)7-9-19(17,18)14-10-11(2)15/h1,11,14-15H,4-10H2,2H3,(H,13,16)/t11-/m1/s1. The van der Waals surface area contributed by atoms with Crippen molar-refractivity contribution < 1.29 is 18.3 Å². The third-order valence-electron chi connectivity index (χ3n) is 2.27. The molecular weight excluding hydrogens is 268 g/mol. The van der Waals surface area contributed by atoms with E-state index in [9.17, 15) is 13.2 Å². The number of terminal acetylenes is 1. The summed E-state index contributed by atoms with van der Waals surface area (Å²) in [6.45, 7) is 1.93. The van der Waals surface area contributed by atoms with Crippen molar-refractivity contribution in [1.29, 1.82) is 0 Å². The number of amides is 1. The van der Waals surface area contributed by atoms with Gasteiger partial charge in [-0.15, -0.1) is 12.3 Å². The molecule has 1 atom stereocenters. The summed E-state index contributed by atoms with van der Waals surface area (Å²) in [5.41, 5.74) is 0. The molecule has 110 valence electrons. The summed E-state index contributed by atoms with van der Waals surface area (Å²) < 4.78 is 25.1. The van der Waals surface area contributed by atoms with Gasteiger partial charge in [0, 0.05) is 25.9 Å². The molecule has 6 nitrogen and oxygen atoms in total. The predicted molar refractivity (Wildman–Crippen MR) is 73.8 cm³/mol. The fourth-order valence-electron chi connectivity index (χ4n) is 1.22. The van der Waals surface area contributed by atoms with Gasteiger partial charge in [0.1, 0.15) is 0 Å². The van der Waals surface area contributed by atoms with E-state index in [1.54, 1.807) is 0 Å². The summed E-state index contributed by atoms with van der Waals surface area (Å²) >= 11 is 0. The van der Waals surface area contributed by atoms with Crippen molar-refractivity contribution in [1.82, 2.24) is 10.0 Å². The summed E-state index contributed by atoms with van der Waals surface area (Å²) in [6, 6.07) is 0. The Kier molecular flexibility index (Phi) is 9.21. The first kappa shape index (κ1) is 17.9. The number of hydrogen-bond acceptors (Lipinski definition) is 4. The Morgan fingerprint density at radius 2 is 2.11 bits per heavy atom. The molecule has 0 aromatic rings. The number of aliphatic hydroxyl groups is 1. The van der Waals surface area contributed by atoms with Crippen LogP contribution in [0.2, 0.25) is 0 Å². The molecule has 0 heterocycles. The number of nitrogens with one attached hydrogen (secondary N) is 2. The van der Waals surface area contributed by atoms with Crippen LogP contribution in [0.1, 0.15) is 32.6 Å². The van der Waals surface area contributed by atoms with Crippen LogP contribution in [0.25, 0.3) is 0 Å². The van der Waals surface area contributed by atoms with Gasteiger partial charge in [0.2, 0.25) is 15.9 Å². The molecule has 0 radical (unpaired) electrons. The average Bonchev–Trinajstić information content (AvgIpc) is 2.34. The number of aliphatic hydroxyl groups excluding tert-OH is 1. The van der Waals surface area contributed by atoms with Gasteiger partial charge in [-0.2, -0.15) is 0 Å². The Balaban J connectivity index is 3.74. The average molecular weight is 290 g/mol. The zero-order valence-corrected chi connectivity index (χ0v) is 12.0. The lowest BCUT2D eigenvalue weighted by Gasteiger charge is -2.08. The van der Waals surface area contributed by atoms with Crippen LogP contribution in [0.3, 0.4) is 0 Å². The molecule has 0 bridgehead atoms. The van der Waals surface area contributed by atoms with Gasteiger partial charge in [-0.3, -0.25) is 4.79 Å². The summed E-state index contributed by atoms with van der Waals surface area (Å²) in [6.07, 6.45) is 6.54. The maximum atomic E-state index is 11.4. The van der Waals surface area contributed by atoms with Crippen LogP contribution in [-0.2, 0) is 14.8 Å². The minimum atomic E-state index is -3.51. The zero-order valence-electron chi connectivity index (χ0n) is 11.2. The minimum absolute atomic E-state index is 0.0456. The highest BCUT2D eigenvalue weighted by Crippen LogP contribution is 1.94. The molecule has 3 N–H and O–H groups in total. The maximum absolute atomic E-state index is 11.4. The number of carbonyl (C=O) groups excluding carboxylic acids is 1. The first-order valence-corrected chi connectivity index (χ1v) is 7.88. The van der Waals surface area contributed by atoms with Crippen molar-refractivity contribution in [3.8, 4) is 12.3 Å². The van der Waals surface area contributed by atoms with E-state index in [2.05, 4.69) is 16.0 Å². The molecule has 0 saturated carbocycles. The molecule has 0 unspecified atom stereocenters. The zero-order chi connectivity index (χ0) is 14.7. The van der Waals surface area contributed by atoms with E-state index in [1.807, 2.05) is 0 Å². The minimum Gasteiger partial charge on any atom is -0.392 e. The van der Waals surface area contributed by atoms with Gasteiger partial charge in [0.05, 0.1) is 11.9 Å². The van der Waals surface area contributed by atoms with E-state index in [0.29, 0.717) is 13.0 Å². The van der Waals surface area contributed by atoms with Crippen LogP contribution < -0.4 is 10.0 Å². The smallest absolute Gasteiger partial charge is 0.221 e. The molecule has 0 aliphatic heterocycles. The number of carbonyl (C=O) groups is 1. The molecule has 0 rings (SSSR count). The molecule has 0 aromatic carbocycles. The van der Waals surface area contributed by atoms with Crippen LogP contribution in [0.15, 0.2) is 0 Å². The van der Waals surface area contributed by atoms with E-state index in [1.165, 1.54) is 6.92 Å². The highest BCUT2D eigenvalue weighted by atomic mass is 32.2. The van der Waals surface area contributed by atoms with Crippen LogP contribution in [0.4, 0.5) is 0 Å². The summed E-state index contributed by atoms with van der Waals surface area (Å²) in [5.74, 6) is 1.92. The largest absolute Gasteiger partial charge is 0.392 e. The Morgan fingerprint density at radius 1 is 1.42 bits per heavy atom. The lowest BCUT2D eigenvalue weighted by Crippen LogP contribution is -2.34. The Bertz CT molecular complexity index is 398. The quantitative estimate of drug-likeness (QED) is 0.377. The van der Waals surface area contributed by atoms with E-state index in [0.717, 1.165) is 12.8 Å². The van der Waals surface area contributed by atoms with Crippen LogP contribution in [-0.4, -0.2) is 44.4 Å². The van der Waals surface area contributed by atoms with Crippen LogP contribution >= 0.6 is 0 Å². The predicted octanol–water partition coefficient (Wildman–Crippen LogP) is -0.404. The second-order valence-corrected chi connectivity index (χ2v) is 6.20. The second-order valence-electron chi connectivity index (χ2n) is 4.28. The van der Waals surface area contributed by atoms with Crippen molar-refractivity contribution in [3.05, 3.63) is 0 Å². The third kappa shape index (κ3) is 11.7. The number of rotatable bonds is 10. The molecule has 7 heteroatoms. The normalized spacial score (nSPS) is 12.7. The van der Waals surface area contributed by atoms with Gasteiger partial charge in [-0.25, -0.2) is 13.1 Å². The molecule has 0 aliphatic carbocycles. The fourth-order valence-corrected chi connectivity index (χ4v) is 2.31. The van der Waals surface area contributed by atoms with Gasteiger partial charge in [0.15, 0.2) is 0 Å². The number of unbranched alkanes of at least 4 members (excludes halogenated alkanes) is 2. The van der Waals surface area contributed by atoms with Crippen molar-refractivity contribution in [2.75, 3.05) is 18.8 Å². The Hall–Kier alpha value is -1.10. The van der Waals surface area contributed by atoms with E-state index in [4.69, 9.17) is 11.5 Å². The molecule has 1 amide bonds. The maximum Gasteiger partial charge on any atom is 0.221 e. The summed E-state index contributed by atoms with van der Waals surface area (Å²) in [7, 11) is -3.51. The van der Waals surface area contributed by atoms with Gasteiger partial charge < -0.3 is 10.4 Å². The Morgan fingerprint density at radius 3 is 2.68 bits per heavy atom. The lowest BCUT2D eigenvalue weighted by molar-refractivity contribution is -0.120. The molecule has 0 aliphatic rings. The number of sulfonamides is 1. The van der Waals surface area contributed by atoms with Gasteiger partial charge in [-0.05, 0) is 19.8 Å². The first-order valence-electron chi connectivity index (χ1n) is 6.23. The van der Waals surface area contributed by atoms with Crippen molar-refractivity contribution in [2.45, 2.75) is 38.7 Å². The molecule has 0 fully saturated rings. The SMILES string of the molecule is C#CCCCCNC(=O)CCS(=O)(=O)NC[C@@H](C)O. The van der Waals surface area contributed by atoms with Crippen LogP contribution in [0.5, 0.6) is 0 Å². The first-order chi connectivity index (χ1) is 8.87. The summed E-state index contributed by atoms with van der Waals surface area (Å²) in [4.78, 5) is 11.4. The highest BCUT2D eigenvalue weighted by Gasteiger charge is 2.13. The molecule has 0 aromatic heterocycles. The Labute approximate surface area is 115 Å². The van der Waals surface area contributed by atoms with Gasteiger partial charge >= 0.3 is 0 Å². The molecule has 19 heavy (non-hydrogen) atoms. The van der Waals surface area contributed by atoms with E-state index in [-0.39, 0.29) is 24.6 Å². The molecular formula is C12H22N2O4S. The monoisotopic (exact) mass is 290 g/mol. The van der Waals surface area contributed by atoms with Crippen LogP contribution in [0, 0.1) is 12.3 Å². The van der Waals surface area contributed by atoms with Crippen molar-refractivity contribution in [3.63, 3.8) is 0 Å². The highest BCUT2D eigenvalue weighted by molar-refractivity contribution is 7.89. The second kappa shape index (κ2) is 9.78. The molecule has 0 saturated heterocycles. The van der Waals surface area contributed by atoms with Gasteiger partial charge in [0.25, 0.3) is 0 Å². The third-order valence-corrected chi connectivity index (χ3v) is 3.61. The fraction of sp³-hybridized carbons (Fsp3) is 0.750. The molecule has 0 spiro atoms. The van der Waals surface area contributed by atoms with E-state index >= 15 is 0 Å². The number of hydrogen-bond donors (Lipinski definition) is 3.